The number of benzene rings is 8. The molecule has 0 spiro atoms. The summed E-state index contributed by atoms with van der Waals surface area (Å²) in [6, 6.07) is 65.3. The van der Waals surface area contributed by atoms with E-state index in [0.29, 0.717) is 0 Å². The van der Waals surface area contributed by atoms with Crippen molar-refractivity contribution in [1.29, 1.82) is 0 Å². The lowest BCUT2D eigenvalue weighted by molar-refractivity contribution is 0.669. The molecule has 0 bridgehead atoms. The topological polar surface area (TPSA) is 20.8 Å². The summed E-state index contributed by atoms with van der Waals surface area (Å²) in [7, 11) is 0. The number of rotatable bonds is 5. The van der Waals surface area contributed by atoms with Crippen LogP contribution in [0.15, 0.2) is 186 Å². The molecule has 0 aliphatic carbocycles. The highest BCUT2D eigenvalue weighted by Crippen LogP contribution is 2.44. The molecule has 0 aliphatic rings. The van der Waals surface area contributed by atoms with Crippen molar-refractivity contribution < 1.29 is 4.42 Å². The van der Waals surface area contributed by atoms with Gasteiger partial charge in [-0.1, -0.05) is 121 Å². The number of hydrogen-bond donors (Lipinski definition) is 0. The second-order valence-electron chi connectivity index (χ2n) is 13.3. The van der Waals surface area contributed by atoms with Crippen molar-refractivity contribution in [2.24, 2.45) is 0 Å². The minimum Gasteiger partial charge on any atom is -0.454 e. The highest BCUT2D eigenvalue weighted by atomic mass is 16.3. The maximum absolute atomic E-state index is 6.58. The molecule has 0 radical (unpaired) electrons. The fourth-order valence-corrected chi connectivity index (χ4v) is 8.19. The summed E-state index contributed by atoms with van der Waals surface area (Å²) in [4.78, 5) is 2.32. The average Bonchev–Trinajstić information content (AvgIpc) is 3.86. The molecule has 0 saturated carbocycles. The lowest BCUT2D eigenvalue weighted by atomic mass is 9.99. The molecule has 8 aromatic carbocycles. The predicted molar refractivity (Wildman–Crippen MR) is 214 cm³/mol. The van der Waals surface area contributed by atoms with Gasteiger partial charge < -0.3 is 13.7 Å². The van der Waals surface area contributed by atoms with Gasteiger partial charge in [0.1, 0.15) is 5.58 Å². The Morgan fingerprint density at radius 1 is 0.373 bits per heavy atom. The van der Waals surface area contributed by atoms with Crippen LogP contribution >= 0.6 is 0 Å². The molecule has 3 heteroatoms. The van der Waals surface area contributed by atoms with Crippen molar-refractivity contribution in [3.8, 4) is 22.3 Å². The molecule has 0 saturated heterocycles. The first-order valence-corrected chi connectivity index (χ1v) is 17.4. The van der Waals surface area contributed by atoms with Gasteiger partial charge in [-0.25, -0.2) is 0 Å². The Balaban J connectivity index is 1.08. The number of anilines is 3. The highest BCUT2D eigenvalue weighted by molar-refractivity contribution is 6.24. The third-order valence-corrected chi connectivity index (χ3v) is 10.5. The Morgan fingerprint density at radius 2 is 0.882 bits per heavy atom. The van der Waals surface area contributed by atoms with Crippen LogP contribution in [0.4, 0.5) is 17.1 Å². The molecule has 3 heterocycles. The fourth-order valence-electron chi connectivity index (χ4n) is 8.19. The van der Waals surface area contributed by atoms with E-state index in [0.717, 1.165) is 39.0 Å². The van der Waals surface area contributed by atoms with E-state index in [4.69, 9.17) is 4.42 Å². The molecule has 51 heavy (non-hydrogen) atoms. The van der Waals surface area contributed by atoms with Crippen molar-refractivity contribution >= 4 is 77.1 Å². The summed E-state index contributed by atoms with van der Waals surface area (Å²) >= 11 is 0. The molecule has 0 amide bonds. The zero-order valence-corrected chi connectivity index (χ0v) is 27.6. The maximum atomic E-state index is 6.58. The van der Waals surface area contributed by atoms with Crippen LogP contribution in [-0.2, 0) is 0 Å². The van der Waals surface area contributed by atoms with Crippen molar-refractivity contribution in [3.63, 3.8) is 0 Å². The van der Waals surface area contributed by atoms with Gasteiger partial charge in [0.25, 0.3) is 0 Å². The maximum Gasteiger partial charge on any atom is 0.159 e. The fraction of sp³-hybridized carbons (Fsp3) is 0. The van der Waals surface area contributed by atoms with Gasteiger partial charge in [-0.2, -0.15) is 0 Å². The Labute approximate surface area is 294 Å². The molecule has 11 aromatic rings. The molecule has 0 fully saturated rings. The summed E-state index contributed by atoms with van der Waals surface area (Å²) in [5.74, 6) is 0. The van der Waals surface area contributed by atoms with Crippen molar-refractivity contribution in [2.75, 3.05) is 4.90 Å². The first kappa shape index (κ1) is 28.0. The first-order chi connectivity index (χ1) is 25.3. The van der Waals surface area contributed by atoms with Crippen LogP contribution in [0, 0.1) is 0 Å². The lowest BCUT2D eigenvalue weighted by Crippen LogP contribution is -2.10. The standard InChI is InChI=1S/C48H30N2O/c1-2-11-31(12-3-1)32-21-25-35(26-22-32)49(45-19-10-16-40-39-15-6-9-20-46(39)51-48(40)45)36-27-23-33(24-28-36)34-29-41-37-13-4-7-17-43(37)50-44-18-8-5-14-38(44)42(30-34)47(41)50/h1-30H. The number of para-hydroxylation sites is 4. The van der Waals surface area contributed by atoms with Crippen LogP contribution in [0.2, 0.25) is 0 Å². The summed E-state index contributed by atoms with van der Waals surface area (Å²) in [6.45, 7) is 0. The monoisotopic (exact) mass is 650 g/mol. The quantitative estimate of drug-likeness (QED) is 0.185. The zero-order valence-electron chi connectivity index (χ0n) is 27.6. The third kappa shape index (κ3) is 4.19. The Kier molecular flexibility index (Phi) is 5.96. The van der Waals surface area contributed by atoms with Crippen LogP contribution in [0.5, 0.6) is 0 Å². The Hall–Kier alpha value is -6.84. The Morgan fingerprint density at radius 3 is 1.53 bits per heavy atom. The molecule has 0 atom stereocenters. The van der Waals surface area contributed by atoms with Gasteiger partial charge in [-0.15, -0.1) is 0 Å². The van der Waals surface area contributed by atoms with Gasteiger partial charge in [-0.3, -0.25) is 0 Å². The second-order valence-corrected chi connectivity index (χ2v) is 13.3. The average molecular weight is 651 g/mol. The molecule has 0 N–H and O–H groups in total. The highest BCUT2D eigenvalue weighted by Gasteiger charge is 2.21. The van der Waals surface area contributed by atoms with Crippen LogP contribution in [0.25, 0.3) is 82.3 Å². The predicted octanol–water partition coefficient (Wildman–Crippen LogP) is 13.5. The van der Waals surface area contributed by atoms with E-state index in [1.165, 1.54) is 60.3 Å². The van der Waals surface area contributed by atoms with Gasteiger partial charge in [0.15, 0.2) is 5.58 Å². The van der Waals surface area contributed by atoms with Gasteiger partial charge in [0, 0.05) is 43.7 Å². The van der Waals surface area contributed by atoms with Crippen molar-refractivity contribution in [3.05, 3.63) is 182 Å². The summed E-state index contributed by atoms with van der Waals surface area (Å²) in [5, 5.41) is 7.37. The van der Waals surface area contributed by atoms with Gasteiger partial charge in [-0.05, 0) is 82.9 Å². The van der Waals surface area contributed by atoms with E-state index in [1.807, 2.05) is 12.1 Å². The molecule has 3 nitrogen and oxygen atoms in total. The van der Waals surface area contributed by atoms with E-state index in [9.17, 15) is 0 Å². The van der Waals surface area contributed by atoms with Crippen molar-refractivity contribution in [2.45, 2.75) is 0 Å². The van der Waals surface area contributed by atoms with Crippen molar-refractivity contribution in [1.82, 2.24) is 4.40 Å². The molecule has 0 aliphatic heterocycles. The summed E-state index contributed by atoms with van der Waals surface area (Å²) < 4.78 is 9.01. The van der Waals surface area contributed by atoms with Gasteiger partial charge >= 0.3 is 0 Å². The molecule has 11 rings (SSSR count). The molecule has 238 valence electrons. The minimum absolute atomic E-state index is 0.874. The van der Waals surface area contributed by atoms with E-state index >= 15 is 0 Å². The SMILES string of the molecule is c1ccc(-c2ccc(N(c3ccc(-c4cc5c6ccccc6n6c7ccccc7c(c4)c56)cc3)c3cccc4c3oc3ccccc34)cc2)cc1. The third-order valence-electron chi connectivity index (χ3n) is 10.5. The van der Waals surface area contributed by atoms with Crippen LogP contribution in [0.1, 0.15) is 0 Å². The largest absolute Gasteiger partial charge is 0.454 e. The summed E-state index contributed by atoms with van der Waals surface area (Å²) in [5.41, 5.74) is 13.5. The number of hydrogen-bond acceptors (Lipinski definition) is 2. The molecular formula is C48H30N2O. The van der Waals surface area contributed by atoms with Gasteiger partial charge in [0.2, 0.25) is 0 Å². The van der Waals surface area contributed by atoms with E-state index in [1.54, 1.807) is 0 Å². The zero-order chi connectivity index (χ0) is 33.5. The number of furan rings is 1. The number of aromatic nitrogens is 1. The molecule has 0 unspecified atom stereocenters. The van der Waals surface area contributed by atoms with E-state index in [-0.39, 0.29) is 0 Å². The summed E-state index contributed by atoms with van der Waals surface area (Å²) in [6.07, 6.45) is 0. The van der Waals surface area contributed by atoms with Crippen LogP contribution in [-0.4, -0.2) is 4.40 Å². The number of fused-ring (bicyclic) bond motifs is 9. The lowest BCUT2D eigenvalue weighted by Gasteiger charge is -2.26. The van der Waals surface area contributed by atoms with Gasteiger partial charge in [0.05, 0.1) is 22.2 Å². The molecule has 3 aromatic heterocycles. The first-order valence-electron chi connectivity index (χ1n) is 17.4. The van der Waals surface area contributed by atoms with E-state index < -0.39 is 0 Å². The van der Waals surface area contributed by atoms with Crippen LogP contribution in [0.3, 0.4) is 0 Å². The van der Waals surface area contributed by atoms with E-state index in [2.05, 4.69) is 179 Å². The minimum atomic E-state index is 0.874. The Bertz CT molecular complexity index is 2980. The smallest absolute Gasteiger partial charge is 0.159 e. The van der Waals surface area contributed by atoms with Crippen LogP contribution < -0.4 is 4.90 Å². The number of nitrogens with zero attached hydrogens (tertiary/aromatic N) is 2. The normalized spacial score (nSPS) is 11.9. The molecular weight excluding hydrogens is 621 g/mol. The second kappa shape index (κ2) is 10.8.